The van der Waals surface area contributed by atoms with Crippen molar-refractivity contribution in [3.8, 4) is 0 Å². The standard InChI is InChI=1S/C24H26N4O4S/c1-24(2,3)32-20(29)15-28-19-12-7-6-11-18(19)26-23(28)33-14-8-13-27-21(30)16-9-4-5-10-17(16)25-22(27)31/h4-7,9-12H,8,13-15H2,1-3H3,(H,25,31). The number of esters is 1. The van der Waals surface area contributed by atoms with Gasteiger partial charge in [-0.05, 0) is 51.5 Å². The molecule has 2 heterocycles. The van der Waals surface area contributed by atoms with Gasteiger partial charge >= 0.3 is 11.7 Å². The highest BCUT2D eigenvalue weighted by molar-refractivity contribution is 7.99. The Labute approximate surface area is 194 Å². The van der Waals surface area contributed by atoms with E-state index in [2.05, 4.69) is 9.97 Å². The summed E-state index contributed by atoms with van der Waals surface area (Å²) in [6.07, 6.45) is 0.585. The first-order valence-electron chi connectivity index (χ1n) is 10.7. The third-order valence-corrected chi connectivity index (χ3v) is 6.04. The number of para-hydroxylation sites is 3. The molecule has 1 N–H and O–H groups in total. The summed E-state index contributed by atoms with van der Waals surface area (Å²) in [5.41, 5.74) is 0.909. The molecular weight excluding hydrogens is 440 g/mol. The summed E-state index contributed by atoms with van der Waals surface area (Å²) in [7, 11) is 0. The highest BCUT2D eigenvalue weighted by Gasteiger charge is 2.20. The van der Waals surface area contributed by atoms with Crippen molar-refractivity contribution >= 4 is 39.7 Å². The van der Waals surface area contributed by atoms with Crippen LogP contribution in [-0.2, 0) is 22.6 Å². The second-order valence-corrected chi connectivity index (χ2v) is 9.75. The van der Waals surface area contributed by atoms with E-state index in [0.29, 0.717) is 28.2 Å². The highest BCUT2D eigenvalue weighted by atomic mass is 32.2. The zero-order valence-corrected chi connectivity index (χ0v) is 19.6. The van der Waals surface area contributed by atoms with Crippen LogP contribution in [0.25, 0.3) is 21.9 Å². The lowest BCUT2D eigenvalue weighted by Crippen LogP contribution is -2.35. The molecule has 8 nitrogen and oxygen atoms in total. The molecule has 0 saturated carbocycles. The molecule has 33 heavy (non-hydrogen) atoms. The number of ether oxygens (including phenoxy) is 1. The summed E-state index contributed by atoms with van der Waals surface area (Å²) in [6.45, 7) is 5.86. The summed E-state index contributed by atoms with van der Waals surface area (Å²) in [6, 6.07) is 14.6. The minimum atomic E-state index is -0.569. The van der Waals surface area contributed by atoms with E-state index in [1.165, 1.54) is 16.3 Å². The van der Waals surface area contributed by atoms with Gasteiger partial charge < -0.3 is 14.3 Å². The molecule has 0 spiro atoms. The number of rotatable bonds is 7. The van der Waals surface area contributed by atoms with E-state index in [9.17, 15) is 14.4 Å². The number of hydrogen-bond acceptors (Lipinski definition) is 6. The number of nitrogens with one attached hydrogen (secondary N) is 1. The lowest BCUT2D eigenvalue weighted by atomic mass is 10.2. The van der Waals surface area contributed by atoms with Crippen LogP contribution in [0.1, 0.15) is 27.2 Å². The Bertz CT molecular complexity index is 1430. The van der Waals surface area contributed by atoms with Crippen LogP contribution in [-0.4, -0.2) is 36.4 Å². The largest absolute Gasteiger partial charge is 0.459 e. The quantitative estimate of drug-likeness (QED) is 0.254. The maximum atomic E-state index is 12.7. The lowest BCUT2D eigenvalue weighted by molar-refractivity contribution is -0.155. The normalized spacial score (nSPS) is 11.8. The second kappa shape index (κ2) is 9.27. The van der Waals surface area contributed by atoms with Crippen molar-refractivity contribution in [1.29, 1.82) is 0 Å². The second-order valence-electron chi connectivity index (χ2n) is 8.69. The van der Waals surface area contributed by atoms with Crippen molar-refractivity contribution < 1.29 is 9.53 Å². The number of aromatic nitrogens is 4. The smallest absolute Gasteiger partial charge is 0.328 e. The molecule has 2 aromatic carbocycles. The van der Waals surface area contributed by atoms with Crippen LogP contribution in [0.2, 0.25) is 0 Å². The Kier molecular flexibility index (Phi) is 6.42. The maximum absolute atomic E-state index is 12.7. The molecule has 0 unspecified atom stereocenters. The number of benzene rings is 2. The Morgan fingerprint density at radius 1 is 1.06 bits per heavy atom. The van der Waals surface area contributed by atoms with Gasteiger partial charge in [-0.25, -0.2) is 9.78 Å². The molecule has 0 aliphatic rings. The van der Waals surface area contributed by atoms with Gasteiger partial charge in [-0.1, -0.05) is 36.0 Å². The number of thioether (sulfide) groups is 1. The molecule has 0 bridgehead atoms. The van der Waals surface area contributed by atoms with E-state index < -0.39 is 11.3 Å². The van der Waals surface area contributed by atoms with Gasteiger partial charge in [-0.2, -0.15) is 0 Å². The number of aromatic amines is 1. The van der Waals surface area contributed by atoms with Crippen LogP contribution >= 0.6 is 11.8 Å². The van der Waals surface area contributed by atoms with Crippen molar-refractivity contribution in [2.45, 2.75) is 51.0 Å². The van der Waals surface area contributed by atoms with E-state index >= 15 is 0 Å². The highest BCUT2D eigenvalue weighted by Crippen LogP contribution is 2.25. The first-order valence-corrected chi connectivity index (χ1v) is 11.7. The molecule has 4 rings (SSSR count). The zero-order chi connectivity index (χ0) is 23.6. The summed E-state index contributed by atoms with van der Waals surface area (Å²) in [4.78, 5) is 44.9. The van der Waals surface area contributed by atoms with E-state index in [4.69, 9.17) is 4.74 Å². The SMILES string of the molecule is CC(C)(C)OC(=O)Cn1c(SCCCn2c(=O)[nH]c3ccccc3c2=O)nc2ccccc21. The fraction of sp³-hybridized carbons (Fsp3) is 0.333. The van der Waals surface area contributed by atoms with Crippen LogP contribution < -0.4 is 11.2 Å². The monoisotopic (exact) mass is 466 g/mol. The molecule has 9 heteroatoms. The van der Waals surface area contributed by atoms with Gasteiger partial charge in [0.1, 0.15) is 12.1 Å². The predicted octanol–water partition coefficient (Wildman–Crippen LogP) is 3.56. The molecule has 0 aliphatic carbocycles. The molecule has 2 aromatic heterocycles. The zero-order valence-electron chi connectivity index (χ0n) is 18.8. The molecule has 0 aliphatic heterocycles. The minimum absolute atomic E-state index is 0.0594. The topological polar surface area (TPSA) is 99.0 Å². The summed E-state index contributed by atoms with van der Waals surface area (Å²) >= 11 is 1.48. The molecule has 0 atom stereocenters. The van der Waals surface area contributed by atoms with E-state index in [1.807, 2.05) is 49.6 Å². The Morgan fingerprint density at radius 3 is 2.58 bits per heavy atom. The number of nitrogens with zero attached hydrogens (tertiary/aromatic N) is 3. The van der Waals surface area contributed by atoms with E-state index in [-0.39, 0.29) is 24.6 Å². The van der Waals surface area contributed by atoms with Crippen molar-refractivity contribution in [2.24, 2.45) is 0 Å². The number of carbonyl (C=O) groups excluding carboxylic acids is 1. The van der Waals surface area contributed by atoms with Crippen LogP contribution in [0.15, 0.2) is 63.3 Å². The van der Waals surface area contributed by atoms with Gasteiger partial charge in [-0.15, -0.1) is 0 Å². The van der Waals surface area contributed by atoms with Crippen LogP contribution in [0.3, 0.4) is 0 Å². The summed E-state index contributed by atoms with van der Waals surface area (Å²) in [5.74, 6) is 0.290. The number of carbonyl (C=O) groups is 1. The molecule has 0 fully saturated rings. The van der Waals surface area contributed by atoms with Crippen molar-refractivity contribution in [3.05, 3.63) is 69.4 Å². The molecule has 0 amide bonds. The first kappa shape index (κ1) is 22.8. The third-order valence-electron chi connectivity index (χ3n) is 4.97. The molecular formula is C24H26N4O4S. The average molecular weight is 467 g/mol. The van der Waals surface area contributed by atoms with E-state index in [1.54, 1.807) is 24.3 Å². The average Bonchev–Trinajstić information content (AvgIpc) is 3.09. The third kappa shape index (κ3) is 5.19. The predicted molar refractivity (Wildman–Crippen MR) is 130 cm³/mol. The van der Waals surface area contributed by atoms with Gasteiger partial charge in [0, 0.05) is 12.3 Å². The molecule has 0 saturated heterocycles. The maximum Gasteiger partial charge on any atom is 0.328 e. The Balaban J connectivity index is 1.49. The van der Waals surface area contributed by atoms with Crippen molar-refractivity contribution in [1.82, 2.24) is 19.1 Å². The fourth-order valence-corrected chi connectivity index (χ4v) is 4.55. The number of fused-ring (bicyclic) bond motifs is 2. The van der Waals surface area contributed by atoms with Gasteiger partial charge in [0.25, 0.3) is 5.56 Å². The first-order chi connectivity index (χ1) is 15.7. The Morgan fingerprint density at radius 2 is 1.79 bits per heavy atom. The van der Waals surface area contributed by atoms with Gasteiger partial charge in [0.2, 0.25) is 0 Å². The summed E-state index contributed by atoms with van der Waals surface area (Å²) in [5, 5.41) is 1.19. The van der Waals surface area contributed by atoms with Crippen molar-refractivity contribution in [3.63, 3.8) is 0 Å². The van der Waals surface area contributed by atoms with Gasteiger partial charge in [0.15, 0.2) is 5.16 Å². The molecule has 4 aromatic rings. The van der Waals surface area contributed by atoms with Crippen molar-refractivity contribution in [2.75, 3.05) is 5.75 Å². The Hall–Kier alpha value is -3.33. The fourth-order valence-electron chi connectivity index (χ4n) is 3.61. The van der Waals surface area contributed by atoms with E-state index in [0.717, 1.165) is 11.0 Å². The van der Waals surface area contributed by atoms with Crippen LogP contribution in [0, 0.1) is 0 Å². The summed E-state index contributed by atoms with van der Waals surface area (Å²) < 4.78 is 8.57. The van der Waals surface area contributed by atoms with Gasteiger partial charge in [0.05, 0.1) is 21.9 Å². The van der Waals surface area contributed by atoms with Crippen LogP contribution in [0.5, 0.6) is 0 Å². The number of hydrogen-bond donors (Lipinski definition) is 1. The minimum Gasteiger partial charge on any atom is -0.459 e. The van der Waals surface area contributed by atoms with Crippen LogP contribution in [0.4, 0.5) is 0 Å². The molecule has 172 valence electrons. The number of H-pyrrole nitrogens is 1. The molecule has 0 radical (unpaired) electrons. The number of imidazole rings is 1. The van der Waals surface area contributed by atoms with Gasteiger partial charge in [-0.3, -0.25) is 14.2 Å². The lowest BCUT2D eigenvalue weighted by Gasteiger charge is -2.20.